The van der Waals surface area contributed by atoms with Gasteiger partial charge in [0.25, 0.3) is 0 Å². The van der Waals surface area contributed by atoms with E-state index >= 15 is 0 Å². The van der Waals surface area contributed by atoms with E-state index < -0.39 is 5.97 Å². The summed E-state index contributed by atoms with van der Waals surface area (Å²) >= 11 is 0. The first-order chi connectivity index (χ1) is 11.6. The Morgan fingerprint density at radius 2 is 2.04 bits per heavy atom. The Labute approximate surface area is 140 Å². The van der Waals surface area contributed by atoms with E-state index in [2.05, 4.69) is 41.5 Å². The van der Waals surface area contributed by atoms with Gasteiger partial charge in [0.2, 0.25) is 0 Å². The van der Waals surface area contributed by atoms with Crippen LogP contribution in [0, 0.1) is 6.92 Å². The summed E-state index contributed by atoms with van der Waals surface area (Å²) in [5.41, 5.74) is 6.42. The second-order valence-electron chi connectivity index (χ2n) is 6.61. The molecule has 0 spiro atoms. The minimum Gasteiger partial charge on any atom is -0.478 e. The van der Waals surface area contributed by atoms with Crippen molar-refractivity contribution >= 4 is 16.9 Å². The van der Waals surface area contributed by atoms with Crippen LogP contribution in [0.25, 0.3) is 10.9 Å². The Morgan fingerprint density at radius 3 is 2.83 bits per heavy atom. The number of aromatic amines is 1. The van der Waals surface area contributed by atoms with E-state index in [9.17, 15) is 4.79 Å². The maximum Gasteiger partial charge on any atom is 0.335 e. The SMILES string of the molecule is Cc1cccc2[nH]c(CNC3Cc4ccc(C(=O)O)cc4C3)cc12. The van der Waals surface area contributed by atoms with Crippen molar-refractivity contribution in [1.29, 1.82) is 0 Å². The normalized spacial score (nSPS) is 16.5. The van der Waals surface area contributed by atoms with Crippen molar-refractivity contribution in [2.75, 3.05) is 0 Å². The molecule has 0 bridgehead atoms. The number of aromatic carboxylic acids is 1. The lowest BCUT2D eigenvalue weighted by Gasteiger charge is -2.10. The first kappa shape index (κ1) is 15.0. The summed E-state index contributed by atoms with van der Waals surface area (Å²) in [5, 5.41) is 14.0. The topological polar surface area (TPSA) is 65.1 Å². The van der Waals surface area contributed by atoms with Crippen LogP contribution in [0.1, 0.15) is 32.7 Å². The van der Waals surface area contributed by atoms with Crippen molar-refractivity contribution in [2.45, 2.75) is 32.4 Å². The Morgan fingerprint density at radius 1 is 1.21 bits per heavy atom. The minimum absolute atomic E-state index is 0.358. The molecular formula is C20H20N2O2. The van der Waals surface area contributed by atoms with Crippen LogP contribution in [0.2, 0.25) is 0 Å². The molecule has 1 aliphatic rings. The summed E-state index contributed by atoms with van der Waals surface area (Å²) < 4.78 is 0. The lowest BCUT2D eigenvalue weighted by atomic mass is 10.1. The van der Waals surface area contributed by atoms with Crippen LogP contribution in [-0.2, 0) is 19.4 Å². The molecule has 1 aromatic heterocycles. The van der Waals surface area contributed by atoms with Gasteiger partial charge in [-0.2, -0.15) is 0 Å². The number of carboxylic acid groups (broad SMARTS) is 1. The van der Waals surface area contributed by atoms with Gasteiger partial charge in [0.1, 0.15) is 0 Å². The third-order valence-electron chi connectivity index (χ3n) is 4.90. The summed E-state index contributed by atoms with van der Waals surface area (Å²) in [5.74, 6) is -0.859. The zero-order chi connectivity index (χ0) is 16.7. The molecule has 1 atom stereocenters. The fourth-order valence-corrected chi connectivity index (χ4v) is 3.61. The van der Waals surface area contributed by atoms with Crippen molar-refractivity contribution < 1.29 is 9.90 Å². The first-order valence-electron chi connectivity index (χ1n) is 8.26. The highest BCUT2D eigenvalue weighted by Crippen LogP contribution is 2.24. The molecule has 1 aliphatic carbocycles. The summed E-state index contributed by atoms with van der Waals surface area (Å²) in [6, 6.07) is 14.3. The number of nitrogens with one attached hydrogen (secondary N) is 2. The lowest BCUT2D eigenvalue weighted by molar-refractivity contribution is 0.0697. The molecule has 0 fully saturated rings. The number of H-pyrrole nitrogens is 1. The second kappa shape index (κ2) is 5.80. The predicted octanol–water partition coefficient (Wildman–Crippen LogP) is 3.43. The highest BCUT2D eigenvalue weighted by atomic mass is 16.4. The van der Waals surface area contributed by atoms with Crippen molar-refractivity contribution in [2.24, 2.45) is 0 Å². The van der Waals surface area contributed by atoms with Gasteiger partial charge in [0.15, 0.2) is 0 Å². The zero-order valence-corrected chi connectivity index (χ0v) is 13.6. The van der Waals surface area contributed by atoms with Crippen LogP contribution in [-0.4, -0.2) is 22.1 Å². The quantitative estimate of drug-likeness (QED) is 0.690. The Hall–Kier alpha value is -2.59. The number of fused-ring (bicyclic) bond motifs is 2. The summed E-state index contributed by atoms with van der Waals surface area (Å²) in [6.45, 7) is 2.92. The molecule has 3 aromatic rings. The molecular weight excluding hydrogens is 300 g/mol. The minimum atomic E-state index is -0.859. The summed E-state index contributed by atoms with van der Waals surface area (Å²) in [4.78, 5) is 14.6. The van der Waals surface area contributed by atoms with Crippen molar-refractivity contribution in [3.63, 3.8) is 0 Å². The smallest absolute Gasteiger partial charge is 0.335 e. The molecule has 4 heteroatoms. The van der Waals surface area contributed by atoms with Crippen molar-refractivity contribution in [3.8, 4) is 0 Å². The molecule has 1 heterocycles. The number of benzene rings is 2. The van der Waals surface area contributed by atoms with Gasteiger partial charge >= 0.3 is 5.97 Å². The van der Waals surface area contributed by atoms with E-state index in [1.165, 1.54) is 27.7 Å². The summed E-state index contributed by atoms with van der Waals surface area (Å²) in [7, 11) is 0. The molecule has 0 radical (unpaired) electrons. The Balaban J connectivity index is 1.45. The lowest BCUT2D eigenvalue weighted by Crippen LogP contribution is -2.29. The van der Waals surface area contributed by atoms with E-state index in [1.807, 2.05) is 12.1 Å². The second-order valence-corrected chi connectivity index (χ2v) is 6.61. The molecule has 2 aromatic carbocycles. The van der Waals surface area contributed by atoms with Gasteiger partial charge in [0, 0.05) is 29.2 Å². The third kappa shape index (κ3) is 2.69. The third-order valence-corrected chi connectivity index (χ3v) is 4.90. The van der Waals surface area contributed by atoms with Crippen LogP contribution in [0.3, 0.4) is 0 Å². The highest BCUT2D eigenvalue weighted by Gasteiger charge is 2.22. The molecule has 4 rings (SSSR count). The van der Waals surface area contributed by atoms with E-state index in [0.29, 0.717) is 11.6 Å². The van der Waals surface area contributed by atoms with Gasteiger partial charge in [-0.05, 0) is 60.7 Å². The van der Waals surface area contributed by atoms with E-state index in [-0.39, 0.29) is 0 Å². The number of carboxylic acids is 1. The molecule has 24 heavy (non-hydrogen) atoms. The maximum atomic E-state index is 11.1. The number of rotatable bonds is 4. The fraction of sp³-hybridized carbons (Fsp3) is 0.250. The number of hydrogen-bond donors (Lipinski definition) is 3. The predicted molar refractivity (Wildman–Crippen MR) is 94.5 cm³/mol. The number of carbonyl (C=O) groups is 1. The van der Waals surface area contributed by atoms with Crippen LogP contribution in [0.5, 0.6) is 0 Å². The van der Waals surface area contributed by atoms with E-state index in [1.54, 1.807) is 6.07 Å². The monoisotopic (exact) mass is 320 g/mol. The van der Waals surface area contributed by atoms with Gasteiger partial charge in [0.05, 0.1) is 5.56 Å². The maximum absolute atomic E-state index is 11.1. The van der Waals surface area contributed by atoms with Gasteiger partial charge in [-0.25, -0.2) is 4.79 Å². The van der Waals surface area contributed by atoms with Crippen LogP contribution < -0.4 is 5.32 Å². The van der Waals surface area contributed by atoms with Crippen LogP contribution in [0.15, 0.2) is 42.5 Å². The molecule has 0 amide bonds. The Bertz CT molecular complexity index is 927. The van der Waals surface area contributed by atoms with Crippen LogP contribution >= 0.6 is 0 Å². The number of aryl methyl sites for hydroxylation is 1. The largest absolute Gasteiger partial charge is 0.478 e. The average molecular weight is 320 g/mol. The van der Waals surface area contributed by atoms with Crippen LogP contribution in [0.4, 0.5) is 0 Å². The van der Waals surface area contributed by atoms with E-state index in [4.69, 9.17) is 5.11 Å². The average Bonchev–Trinajstić information content (AvgIpc) is 3.16. The molecule has 3 N–H and O–H groups in total. The van der Waals surface area contributed by atoms with Crippen molar-refractivity contribution in [1.82, 2.24) is 10.3 Å². The molecule has 1 unspecified atom stereocenters. The molecule has 122 valence electrons. The standard InChI is InChI=1S/C20H20N2O2/c1-12-3-2-4-19-18(12)10-17(22-19)11-21-16-8-13-5-6-14(20(23)24)7-15(13)9-16/h2-7,10,16,21-22H,8-9,11H2,1H3,(H,23,24). The Kier molecular flexibility index (Phi) is 3.62. The molecule has 0 saturated heterocycles. The van der Waals surface area contributed by atoms with Gasteiger partial charge < -0.3 is 15.4 Å². The van der Waals surface area contributed by atoms with Gasteiger partial charge in [-0.1, -0.05) is 18.2 Å². The highest BCUT2D eigenvalue weighted by molar-refractivity contribution is 5.88. The fourth-order valence-electron chi connectivity index (χ4n) is 3.61. The number of aromatic nitrogens is 1. The first-order valence-corrected chi connectivity index (χ1v) is 8.26. The van der Waals surface area contributed by atoms with E-state index in [0.717, 1.165) is 24.9 Å². The number of hydrogen-bond acceptors (Lipinski definition) is 2. The molecule has 0 aliphatic heterocycles. The van der Waals surface area contributed by atoms with Crippen molar-refractivity contribution in [3.05, 3.63) is 70.4 Å². The summed E-state index contributed by atoms with van der Waals surface area (Å²) in [6.07, 6.45) is 1.84. The zero-order valence-electron chi connectivity index (χ0n) is 13.6. The van der Waals surface area contributed by atoms with Gasteiger partial charge in [-0.15, -0.1) is 0 Å². The van der Waals surface area contributed by atoms with Gasteiger partial charge in [-0.3, -0.25) is 0 Å². The molecule has 4 nitrogen and oxygen atoms in total. The molecule has 0 saturated carbocycles.